The first-order valence-electron chi connectivity index (χ1n) is 3.64. The molecule has 0 fully saturated rings. The average Bonchev–Trinajstić information content (AvgIpc) is 2.16. The van der Waals surface area contributed by atoms with Gasteiger partial charge in [-0.3, -0.25) is 0 Å². The summed E-state index contributed by atoms with van der Waals surface area (Å²) in [6, 6.07) is 0.399. The molecular formula is C7H5F3N2O3. The third-order valence-corrected chi connectivity index (χ3v) is 1.56. The first kappa shape index (κ1) is 11.2. The molecule has 1 heterocycles. The number of pyridine rings is 1. The number of methoxy groups -OCH3 is 1. The van der Waals surface area contributed by atoms with Crippen molar-refractivity contribution in [1.82, 2.24) is 4.98 Å². The van der Waals surface area contributed by atoms with E-state index in [9.17, 15) is 23.3 Å². The number of ether oxygens (including phenoxy) is 1. The number of aromatic nitrogens is 1. The summed E-state index contributed by atoms with van der Waals surface area (Å²) in [5.74, 6) is -3.14. The van der Waals surface area contributed by atoms with E-state index in [2.05, 4.69) is 9.72 Å². The highest BCUT2D eigenvalue weighted by Crippen LogP contribution is 2.35. The molecule has 0 atom stereocenters. The van der Waals surface area contributed by atoms with Gasteiger partial charge in [-0.25, -0.2) is 8.78 Å². The van der Waals surface area contributed by atoms with Crippen LogP contribution in [0.4, 0.5) is 19.0 Å². The van der Waals surface area contributed by atoms with Gasteiger partial charge in [0.15, 0.2) is 0 Å². The summed E-state index contributed by atoms with van der Waals surface area (Å²) in [7, 11) is 0.966. The maximum absolute atomic E-state index is 12.7. The van der Waals surface area contributed by atoms with Crippen molar-refractivity contribution in [3.8, 4) is 5.75 Å². The number of alkyl halides is 2. The Labute approximate surface area is 81.6 Å². The molecule has 0 saturated carbocycles. The number of nitrogens with zero attached hydrogens (tertiary/aromatic N) is 2. The van der Waals surface area contributed by atoms with E-state index in [1.807, 2.05) is 0 Å². The zero-order valence-corrected chi connectivity index (χ0v) is 7.41. The zero-order valence-electron chi connectivity index (χ0n) is 7.41. The van der Waals surface area contributed by atoms with E-state index in [-0.39, 0.29) is 0 Å². The Bertz CT molecular complexity index is 397. The summed E-state index contributed by atoms with van der Waals surface area (Å²) < 4.78 is 41.7. The highest BCUT2D eigenvalue weighted by Gasteiger charge is 2.28. The van der Waals surface area contributed by atoms with Gasteiger partial charge in [0.25, 0.3) is 6.43 Å². The Morgan fingerprint density at radius 3 is 2.60 bits per heavy atom. The zero-order chi connectivity index (χ0) is 11.6. The first-order valence-corrected chi connectivity index (χ1v) is 3.64. The van der Waals surface area contributed by atoms with Crippen LogP contribution in [0.2, 0.25) is 0 Å². The van der Waals surface area contributed by atoms with Crippen molar-refractivity contribution in [3.05, 3.63) is 27.7 Å². The molecule has 1 rings (SSSR count). The third kappa shape index (κ3) is 2.14. The largest absolute Gasteiger partial charge is 0.489 e. The van der Waals surface area contributed by atoms with E-state index in [0.717, 1.165) is 7.11 Å². The lowest BCUT2D eigenvalue weighted by molar-refractivity contribution is -0.391. The summed E-state index contributed by atoms with van der Waals surface area (Å²) in [5, 5.41) is 10.4. The van der Waals surface area contributed by atoms with Crippen LogP contribution in [-0.2, 0) is 0 Å². The summed E-state index contributed by atoms with van der Waals surface area (Å²) in [6.07, 6.45) is -3.07. The van der Waals surface area contributed by atoms with Crippen molar-refractivity contribution in [3.63, 3.8) is 0 Å². The van der Waals surface area contributed by atoms with E-state index in [0.29, 0.717) is 6.07 Å². The Balaban J connectivity index is 3.45. The van der Waals surface area contributed by atoms with Crippen LogP contribution in [0, 0.1) is 16.1 Å². The van der Waals surface area contributed by atoms with Crippen LogP contribution in [0.25, 0.3) is 0 Å². The molecule has 0 amide bonds. The van der Waals surface area contributed by atoms with E-state index in [1.54, 1.807) is 0 Å². The molecule has 0 bridgehead atoms. The number of halogens is 3. The third-order valence-electron chi connectivity index (χ3n) is 1.56. The molecule has 0 N–H and O–H groups in total. The fourth-order valence-electron chi connectivity index (χ4n) is 1.00. The average molecular weight is 222 g/mol. The van der Waals surface area contributed by atoms with Crippen LogP contribution in [0.3, 0.4) is 0 Å². The van der Waals surface area contributed by atoms with Crippen molar-refractivity contribution in [2.75, 3.05) is 7.11 Å². The summed E-state index contributed by atoms with van der Waals surface area (Å²) in [5.41, 5.74) is -0.892. The van der Waals surface area contributed by atoms with Gasteiger partial charge >= 0.3 is 11.8 Å². The van der Waals surface area contributed by atoms with Gasteiger partial charge in [-0.2, -0.15) is 4.39 Å². The van der Waals surface area contributed by atoms with Gasteiger partial charge in [-0.1, -0.05) is 0 Å². The topological polar surface area (TPSA) is 65.3 Å². The van der Waals surface area contributed by atoms with Crippen molar-refractivity contribution >= 4 is 5.82 Å². The number of nitro groups is 1. The Morgan fingerprint density at radius 1 is 1.60 bits per heavy atom. The van der Waals surface area contributed by atoms with Crippen LogP contribution in [0.15, 0.2) is 6.07 Å². The first-order chi connectivity index (χ1) is 6.97. The monoisotopic (exact) mass is 222 g/mol. The molecule has 1 aromatic rings. The lowest BCUT2D eigenvalue weighted by atomic mass is 10.2. The SMILES string of the molecule is COc1c(C(F)F)cc(F)nc1[N+](=O)[O-]. The van der Waals surface area contributed by atoms with E-state index < -0.39 is 34.4 Å². The maximum atomic E-state index is 12.7. The highest BCUT2D eigenvalue weighted by molar-refractivity contribution is 5.46. The minimum atomic E-state index is -3.07. The molecule has 0 saturated heterocycles. The molecule has 0 aliphatic heterocycles. The lowest BCUT2D eigenvalue weighted by Gasteiger charge is -2.06. The van der Waals surface area contributed by atoms with Crippen LogP contribution >= 0.6 is 0 Å². The van der Waals surface area contributed by atoms with Crippen LogP contribution in [-0.4, -0.2) is 17.0 Å². The number of hydrogen-bond donors (Lipinski definition) is 0. The molecule has 0 aromatic carbocycles. The molecule has 0 spiro atoms. The van der Waals surface area contributed by atoms with Crippen molar-refractivity contribution in [1.29, 1.82) is 0 Å². The molecular weight excluding hydrogens is 217 g/mol. The Kier molecular flexibility index (Phi) is 3.08. The van der Waals surface area contributed by atoms with Crippen molar-refractivity contribution < 1.29 is 22.8 Å². The van der Waals surface area contributed by atoms with Gasteiger partial charge in [-0.15, -0.1) is 0 Å². The van der Waals surface area contributed by atoms with Gasteiger partial charge < -0.3 is 14.9 Å². The number of rotatable bonds is 3. The van der Waals surface area contributed by atoms with Crippen LogP contribution in [0.5, 0.6) is 5.75 Å². The molecule has 0 radical (unpaired) electrons. The molecule has 0 aliphatic carbocycles. The van der Waals surface area contributed by atoms with Gasteiger partial charge in [0, 0.05) is 6.07 Å². The van der Waals surface area contributed by atoms with Crippen molar-refractivity contribution in [2.24, 2.45) is 0 Å². The van der Waals surface area contributed by atoms with Gasteiger partial charge in [0.1, 0.15) is 0 Å². The second-order valence-electron chi connectivity index (χ2n) is 2.45. The van der Waals surface area contributed by atoms with Gasteiger partial charge in [0.2, 0.25) is 5.75 Å². The van der Waals surface area contributed by atoms with E-state index in [1.165, 1.54) is 0 Å². The standard InChI is InChI=1S/C7H5F3N2O3/c1-15-5-3(6(9)10)2-4(8)11-7(5)12(13)14/h2,6H,1H3. The van der Waals surface area contributed by atoms with E-state index >= 15 is 0 Å². The smallest absolute Gasteiger partial charge is 0.409 e. The minimum absolute atomic E-state index is 0.399. The van der Waals surface area contributed by atoms with Gasteiger partial charge in [0.05, 0.1) is 12.7 Å². The second kappa shape index (κ2) is 4.11. The second-order valence-corrected chi connectivity index (χ2v) is 2.45. The summed E-state index contributed by atoms with van der Waals surface area (Å²) >= 11 is 0. The molecule has 8 heteroatoms. The normalized spacial score (nSPS) is 10.5. The molecule has 15 heavy (non-hydrogen) atoms. The van der Waals surface area contributed by atoms with Crippen LogP contribution in [0.1, 0.15) is 12.0 Å². The summed E-state index contributed by atoms with van der Waals surface area (Å²) in [6.45, 7) is 0. The summed E-state index contributed by atoms with van der Waals surface area (Å²) in [4.78, 5) is 12.1. The maximum Gasteiger partial charge on any atom is 0.409 e. The molecule has 0 unspecified atom stereocenters. The predicted octanol–water partition coefficient (Wildman–Crippen LogP) is 2.08. The minimum Gasteiger partial charge on any atom is -0.489 e. The number of hydrogen-bond acceptors (Lipinski definition) is 4. The highest BCUT2D eigenvalue weighted by atomic mass is 19.3. The van der Waals surface area contributed by atoms with Crippen molar-refractivity contribution in [2.45, 2.75) is 6.43 Å². The molecule has 0 aliphatic rings. The van der Waals surface area contributed by atoms with E-state index in [4.69, 9.17) is 0 Å². The fourth-order valence-corrected chi connectivity index (χ4v) is 1.00. The molecule has 5 nitrogen and oxygen atoms in total. The lowest BCUT2D eigenvalue weighted by Crippen LogP contribution is -2.03. The molecule has 1 aromatic heterocycles. The predicted molar refractivity (Wildman–Crippen MR) is 42.4 cm³/mol. The Hall–Kier alpha value is -1.86. The quantitative estimate of drug-likeness (QED) is 0.446. The fraction of sp³-hybridized carbons (Fsp3) is 0.286. The van der Waals surface area contributed by atoms with Crippen LogP contribution < -0.4 is 4.74 Å². The van der Waals surface area contributed by atoms with Gasteiger partial charge in [-0.05, 0) is 9.91 Å². The molecule has 82 valence electrons. The Morgan fingerprint density at radius 2 is 2.20 bits per heavy atom.